The van der Waals surface area contributed by atoms with Gasteiger partial charge in [-0.1, -0.05) is 29.8 Å². The average Bonchev–Trinajstić information content (AvgIpc) is 3.14. The Balaban J connectivity index is 0.00000392. The van der Waals surface area contributed by atoms with Crippen molar-refractivity contribution in [2.45, 2.75) is 19.9 Å². The normalized spacial score (nSPS) is 11.4. The van der Waals surface area contributed by atoms with Crippen molar-refractivity contribution in [2.75, 3.05) is 47.4 Å². The molecule has 0 aliphatic heterocycles. The Morgan fingerprint density at radius 1 is 1.21 bits per heavy atom. The van der Waals surface area contributed by atoms with Crippen LogP contribution >= 0.6 is 24.0 Å². The van der Waals surface area contributed by atoms with Crippen LogP contribution in [0.2, 0.25) is 0 Å². The van der Waals surface area contributed by atoms with Crippen LogP contribution in [-0.2, 0) is 11.3 Å². The number of ether oxygens (including phenoxy) is 1. The molecule has 2 aromatic rings. The van der Waals surface area contributed by atoms with Crippen LogP contribution in [0.15, 0.2) is 39.9 Å². The van der Waals surface area contributed by atoms with Crippen LogP contribution in [-0.4, -0.2) is 63.3 Å². The lowest BCUT2D eigenvalue weighted by Crippen LogP contribution is -2.40. The second kappa shape index (κ2) is 13.5. The van der Waals surface area contributed by atoms with Gasteiger partial charge in [-0.3, -0.25) is 4.99 Å². The summed E-state index contributed by atoms with van der Waals surface area (Å²) in [6.45, 7) is 6.09. The first-order chi connectivity index (χ1) is 13.1. The molecule has 0 atom stereocenters. The third kappa shape index (κ3) is 8.57. The van der Waals surface area contributed by atoms with Crippen LogP contribution in [0.25, 0.3) is 11.3 Å². The number of hydrogen-bond donors (Lipinski definition) is 2. The summed E-state index contributed by atoms with van der Waals surface area (Å²) in [5.74, 6) is 2.13. The van der Waals surface area contributed by atoms with E-state index < -0.39 is 0 Å². The first-order valence-corrected chi connectivity index (χ1v) is 9.26. The highest BCUT2D eigenvalue weighted by atomic mass is 127. The molecule has 0 aliphatic carbocycles. The summed E-state index contributed by atoms with van der Waals surface area (Å²) < 4.78 is 10.9. The number of aliphatic imine (C=N–C) groups is 1. The van der Waals surface area contributed by atoms with Gasteiger partial charge >= 0.3 is 0 Å². The third-order valence-electron chi connectivity index (χ3n) is 4.19. The van der Waals surface area contributed by atoms with Crippen molar-refractivity contribution < 1.29 is 9.15 Å². The standard InChI is InChI=1S/C20H31N5O2.HI/c1-16-6-8-17(9-7-16)18-14-23-19(27-18)15-24-20(21-2)22-10-12-25(3)11-5-13-26-4;/h6-9,14H,5,10-13,15H2,1-4H3,(H2,21,22,24);1H. The number of halogens is 1. The lowest BCUT2D eigenvalue weighted by atomic mass is 10.1. The molecule has 2 N–H and O–H groups in total. The van der Waals surface area contributed by atoms with Gasteiger partial charge in [-0.15, -0.1) is 24.0 Å². The van der Waals surface area contributed by atoms with Crippen LogP contribution in [0.4, 0.5) is 0 Å². The molecule has 1 aromatic heterocycles. The van der Waals surface area contributed by atoms with Crippen molar-refractivity contribution in [3.05, 3.63) is 41.9 Å². The molecule has 0 bridgehead atoms. The fourth-order valence-corrected chi connectivity index (χ4v) is 2.58. The van der Waals surface area contributed by atoms with Gasteiger partial charge in [-0.05, 0) is 20.4 Å². The van der Waals surface area contributed by atoms with E-state index in [1.165, 1.54) is 5.56 Å². The number of aryl methyl sites for hydroxylation is 1. The minimum atomic E-state index is 0. The number of nitrogens with one attached hydrogen (secondary N) is 2. The number of benzene rings is 1. The van der Waals surface area contributed by atoms with Gasteiger partial charge in [0.1, 0.15) is 0 Å². The molecule has 1 heterocycles. The summed E-state index contributed by atoms with van der Waals surface area (Å²) in [6, 6.07) is 8.20. The molecular weight excluding hydrogens is 469 g/mol. The van der Waals surface area contributed by atoms with E-state index >= 15 is 0 Å². The molecule has 0 amide bonds. The number of hydrogen-bond acceptors (Lipinski definition) is 5. The predicted molar refractivity (Wildman–Crippen MR) is 124 cm³/mol. The molecule has 0 aliphatic rings. The molecule has 156 valence electrons. The van der Waals surface area contributed by atoms with Crippen molar-refractivity contribution in [2.24, 2.45) is 4.99 Å². The summed E-state index contributed by atoms with van der Waals surface area (Å²) in [4.78, 5) is 10.8. The molecule has 0 fully saturated rings. The van der Waals surface area contributed by atoms with Crippen LogP contribution in [0.3, 0.4) is 0 Å². The first-order valence-electron chi connectivity index (χ1n) is 9.26. The zero-order chi connectivity index (χ0) is 19.5. The van der Waals surface area contributed by atoms with Gasteiger partial charge in [0.2, 0.25) is 5.89 Å². The molecule has 2 rings (SSSR count). The zero-order valence-corrected chi connectivity index (χ0v) is 19.5. The van der Waals surface area contributed by atoms with Crippen molar-refractivity contribution in [3.63, 3.8) is 0 Å². The molecule has 0 radical (unpaired) electrons. The zero-order valence-electron chi connectivity index (χ0n) is 17.2. The van der Waals surface area contributed by atoms with Gasteiger partial charge in [0.15, 0.2) is 11.7 Å². The average molecular weight is 501 g/mol. The SMILES string of the molecule is CN=C(NCCN(C)CCCOC)NCc1ncc(-c2ccc(C)cc2)o1.I. The van der Waals surface area contributed by atoms with E-state index in [1.807, 2.05) is 12.1 Å². The summed E-state index contributed by atoms with van der Waals surface area (Å²) in [7, 11) is 5.59. The number of nitrogens with zero attached hydrogens (tertiary/aromatic N) is 3. The summed E-state index contributed by atoms with van der Waals surface area (Å²) in [5.41, 5.74) is 2.25. The monoisotopic (exact) mass is 501 g/mol. The highest BCUT2D eigenvalue weighted by Gasteiger charge is 2.07. The van der Waals surface area contributed by atoms with Crippen LogP contribution < -0.4 is 10.6 Å². The minimum Gasteiger partial charge on any atom is -0.439 e. The molecule has 7 nitrogen and oxygen atoms in total. The van der Waals surface area contributed by atoms with Gasteiger partial charge in [0.05, 0.1) is 12.7 Å². The van der Waals surface area contributed by atoms with Gasteiger partial charge in [-0.2, -0.15) is 0 Å². The quantitative estimate of drug-likeness (QED) is 0.226. The van der Waals surface area contributed by atoms with E-state index in [2.05, 4.69) is 51.6 Å². The number of rotatable bonds is 10. The van der Waals surface area contributed by atoms with Gasteiger partial charge < -0.3 is 24.7 Å². The lowest BCUT2D eigenvalue weighted by Gasteiger charge is -2.17. The predicted octanol–water partition coefficient (Wildman–Crippen LogP) is 2.90. The Hall–Kier alpha value is -1.65. The van der Waals surface area contributed by atoms with Gasteiger partial charge in [0, 0.05) is 46.0 Å². The molecule has 0 unspecified atom stereocenters. The second-order valence-corrected chi connectivity index (χ2v) is 6.49. The van der Waals surface area contributed by atoms with E-state index in [4.69, 9.17) is 9.15 Å². The number of guanidine groups is 1. The van der Waals surface area contributed by atoms with Gasteiger partial charge in [-0.25, -0.2) is 4.98 Å². The number of aromatic nitrogens is 1. The smallest absolute Gasteiger partial charge is 0.214 e. The van der Waals surface area contributed by atoms with Crippen molar-refractivity contribution >= 4 is 29.9 Å². The van der Waals surface area contributed by atoms with Crippen LogP contribution in [0.1, 0.15) is 17.9 Å². The lowest BCUT2D eigenvalue weighted by molar-refractivity contribution is 0.180. The molecule has 0 saturated heterocycles. The Morgan fingerprint density at radius 3 is 2.64 bits per heavy atom. The number of methoxy groups -OCH3 is 1. The summed E-state index contributed by atoms with van der Waals surface area (Å²) in [6.07, 6.45) is 2.79. The number of oxazole rings is 1. The highest BCUT2D eigenvalue weighted by molar-refractivity contribution is 14.0. The Kier molecular flexibility index (Phi) is 11.8. The maximum atomic E-state index is 5.83. The van der Waals surface area contributed by atoms with Gasteiger partial charge in [0.25, 0.3) is 0 Å². The highest BCUT2D eigenvalue weighted by Crippen LogP contribution is 2.20. The van der Waals surface area contributed by atoms with E-state index in [0.29, 0.717) is 12.4 Å². The van der Waals surface area contributed by atoms with Crippen molar-refractivity contribution in [1.82, 2.24) is 20.5 Å². The van der Waals surface area contributed by atoms with Crippen molar-refractivity contribution in [1.29, 1.82) is 0 Å². The molecule has 0 spiro atoms. The molecule has 1 aromatic carbocycles. The second-order valence-electron chi connectivity index (χ2n) is 6.49. The minimum absolute atomic E-state index is 0. The topological polar surface area (TPSA) is 74.9 Å². The summed E-state index contributed by atoms with van der Waals surface area (Å²) >= 11 is 0. The maximum absolute atomic E-state index is 5.83. The Labute approximate surface area is 185 Å². The van der Waals surface area contributed by atoms with E-state index in [-0.39, 0.29) is 24.0 Å². The summed E-state index contributed by atoms with van der Waals surface area (Å²) in [5, 5.41) is 6.53. The molecule has 0 saturated carbocycles. The van der Waals surface area contributed by atoms with Crippen molar-refractivity contribution in [3.8, 4) is 11.3 Å². The van der Waals surface area contributed by atoms with E-state index in [1.54, 1.807) is 20.4 Å². The Morgan fingerprint density at radius 2 is 1.96 bits per heavy atom. The van der Waals surface area contributed by atoms with E-state index in [9.17, 15) is 0 Å². The maximum Gasteiger partial charge on any atom is 0.214 e. The fraction of sp³-hybridized carbons (Fsp3) is 0.500. The molecular formula is C20H32IN5O2. The molecule has 28 heavy (non-hydrogen) atoms. The van der Waals surface area contributed by atoms with Crippen LogP contribution in [0, 0.1) is 6.92 Å². The third-order valence-corrected chi connectivity index (χ3v) is 4.19. The fourth-order valence-electron chi connectivity index (χ4n) is 2.58. The largest absolute Gasteiger partial charge is 0.439 e. The van der Waals surface area contributed by atoms with Crippen LogP contribution in [0.5, 0.6) is 0 Å². The molecule has 8 heteroatoms. The Bertz CT molecular complexity index is 703. The number of likely N-dealkylation sites (N-methyl/N-ethyl adjacent to an activating group) is 1. The first kappa shape index (κ1) is 24.4. The van der Waals surface area contributed by atoms with E-state index in [0.717, 1.165) is 49.9 Å².